The third-order valence-electron chi connectivity index (χ3n) is 3.84. The Balaban J connectivity index is 2.08. The van der Waals surface area contributed by atoms with Gasteiger partial charge in [0.1, 0.15) is 5.75 Å². The molecule has 2 rings (SSSR count). The van der Waals surface area contributed by atoms with Crippen LogP contribution in [0.1, 0.15) is 49.0 Å². The van der Waals surface area contributed by atoms with Crippen LogP contribution in [-0.4, -0.2) is 12.5 Å². The van der Waals surface area contributed by atoms with Gasteiger partial charge in [-0.3, -0.25) is 4.79 Å². The van der Waals surface area contributed by atoms with Crippen LogP contribution in [0, 0.1) is 0 Å². The molecule has 1 N–H and O–H groups in total. The summed E-state index contributed by atoms with van der Waals surface area (Å²) in [6.45, 7) is 6.78. The Morgan fingerprint density at radius 3 is 2.43 bits per heavy atom. The van der Waals surface area contributed by atoms with Gasteiger partial charge in [0.05, 0.1) is 11.6 Å². The third-order valence-corrected chi connectivity index (χ3v) is 4.14. The van der Waals surface area contributed by atoms with Gasteiger partial charge in [-0.2, -0.15) is 0 Å². The van der Waals surface area contributed by atoms with E-state index in [-0.39, 0.29) is 5.91 Å². The lowest BCUT2D eigenvalue weighted by atomic mass is 9.98. The molecular formula is C19H22ClNO2. The van der Waals surface area contributed by atoms with E-state index in [2.05, 4.69) is 31.3 Å². The van der Waals surface area contributed by atoms with Crippen LogP contribution >= 0.6 is 11.6 Å². The summed E-state index contributed by atoms with van der Waals surface area (Å²) in [5.41, 5.74) is 2.55. The van der Waals surface area contributed by atoms with Crippen molar-refractivity contribution < 1.29 is 9.53 Å². The molecule has 0 fully saturated rings. The molecule has 3 nitrogen and oxygen atoms in total. The molecule has 0 aliphatic carbocycles. The van der Waals surface area contributed by atoms with Gasteiger partial charge in [0.15, 0.2) is 0 Å². The number of halogens is 1. The molecule has 0 spiro atoms. The molecule has 0 aromatic heterocycles. The molecular weight excluding hydrogens is 310 g/mol. The molecule has 2 aromatic rings. The van der Waals surface area contributed by atoms with Crippen LogP contribution in [0.4, 0.5) is 5.69 Å². The van der Waals surface area contributed by atoms with Crippen LogP contribution in [0.3, 0.4) is 0 Å². The Morgan fingerprint density at radius 1 is 1.17 bits per heavy atom. The number of hydrogen-bond donors (Lipinski definition) is 1. The van der Waals surface area contributed by atoms with Gasteiger partial charge in [-0.1, -0.05) is 37.6 Å². The van der Waals surface area contributed by atoms with Crippen LogP contribution < -0.4 is 10.1 Å². The van der Waals surface area contributed by atoms with E-state index >= 15 is 0 Å². The zero-order chi connectivity index (χ0) is 16.8. The number of hydrogen-bond acceptors (Lipinski definition) is 2. The van der Waals surface area contributed by atoms with Crippen molar-refractivity contribution in [3.8, 4) is 5.75 Å². The predicted molar refractivity (Wildman–Crippen MR) is 95.7 cm³/mol. The highest BCUT2D eigenvalue weighted by molar-refractivity contribution is 6.32. The summed E-state index contributed by atoms with van der Waals surface area (Å²) in [5.74, 6) is 0.916. The number of ether oxygens (including phenoxy) is 1. The lowest BCUT2D eigenvalue weighted by Crippen LogP contribution is -2.12. The Morgan fingerprint density at radius 2 is 1.87 bits per heavy atom. The first-order valence-electron chi connectivity index (χ1n) is 7.88. The quantitative estimate of drug-likeness (QED) is 0.758. The Kier molecular flexibility index (Phi) is 6.05. The molecule has 122 valence electrons. The summed E-state index contributed by atoms with van der Waals surface area (Å²) in [6.07, 6.45) is 1.09. The smallest absolute Gasteiger partial charge is 0.255 e. The lowest BCUT2D eigenvalue weighted by molar-refractivity contribution is 0.102. The standard InChI is InChI=1S/C19H22ClNO2/c1-4-13(3)14-6-9-16(10-7-14)21-19(22)15-8-11-18(23-5-2)17(20)12-15/h6-13H,4-5H2,1-3H3,(H,21,22). The van der Waals surface area contributed by atoms with Crippen molar-refractivity contribution in [2.75, 3.05) is 11.9 Å². The molecule has 1 unspecified atom stereocenters. The van der Waals surface area contributed by atoms with Gasteiger partial charge in [0.25, 0.3) is 5.91 Å². The van der Waals surface area contributed by atoms with E-state index in [1.807, 2.05) is 19.1 Å². The fourth-order valence-electron chi connectivity index (χ4n) is 2.25. The minimum atomic E-state index is -0.189. The first-order chi connectivity index (χ1) is 11.0. The van der Waals surface area contributed by atoms with E-state index in [9.17, 15) is 4.79 Å². The lowest BCUT2D eigenvalue weighted by Gasteiger charge is -2.11. The molecule has 0 saturated carbocycles. The monoisotopic (exact) mass is 331 g/mol. The van der Waals surface area contributed by atoms with Gasteiger partial charge in [0.2, 0.25) is 0 Å². The van der Waals surface area contributed by atoms with Crippen molar-refractivity contribution in [3.63, 3.8) is 0 Å². The molecule has 0 bridgehead atoms. The summed E-state index contributed by atoms with van der Waals surface area (Å²) >= 11 is 6.12. The van der Waals surface area contributed by atoms with Crippen LogP contribution in [-0.2, 0) is 0 Å². The van der Waals surface area contributed by atoms with Crippen LogP contribution in [0.2, 0.25) is 5.02 Å². The number of amides is 1. The largest absolute Gasteiger partial charge is 0.492 e. The molecule has 0 radical (unpaired) electrons. The van der Waals surface area contributed by atoms with E-state index in [1.54, 1.807) is 18.2 Å². The fraction of sp³-hybridized carbons (Fsp3) is 0.316. The molecule has 0 heterocycles. The zero-order valence-electron chi connectivity index (χ0n) is 13.7. The van der Waals surface area contributed by atoms with Gasteiger partial charge < -0.3 is 10.1 Å². The van der Waals surface area contributed by atoms with Gasteiger partial charge in [-0.25, -0.2) is 0 Å². The van der Waals surface area contributed by atoms with E-state index in [0.29, 0.717) is 28.9 Å². The summed E-state index contributed by atoms with van der Waals surface area (Å²) in [5, 5.41) is 3.32. The van der Waals surface area contributed by atoms with E-state index in [1.165, 1.54) is 5.56 Å². The zero-order valence-corrected chi connectivity index (χ0v) is 14.5. The maximum Gasteiger partial charge on any atom is 0.255 e. The van der Waals surface area contributed by atoms with E-state index in [4.69, 9.17) is 16.3 Å². The number of carbonyl (C=O) groups is 1. The second-order valence-corrected chi connectivity index (χ2v) is 5.87. The van der Waals surface area contributed by atoms with Crippen molar-refractivity contribution in [1.82, 2.24) is 0 Å². The fourth-order valence-corrected chi connectivity index (χ4v) is 2.48. The van der Waals surface area contributed by atoms with Gasteiger partial charge >= 0.3 is 0 Å². The first-order valence-corrected chi connectivity index (χ1v) is 8.26. The Hall–Kier alpha value is -2.00. The maximum atomic E-state index is 12.3. The summed E-state index contributed by atoms with van der Waals surface area (Å²) in [7, 11) is 0. The van der Waals surface area contributed by atoms with Crippen molar-refractivity contribution in [3.05, 3.63) is 58.6 Å². The van der Waals surface area contributed by atoms with Gasteiger partial charge in [0, 0.05) is 11.3 Å². The van der Waals surface area contributed by atoms with E-state index < -0.39 is 0 Å². The highest BCUT2D eigenvalue weighted by atomic mass is 35.5. The van der Waals surface area contributed by atoms with Gasteiger partial charge in [-0.15, -0.1) is 0 Å². The van der Waals surface area contributed by atoms with Crippen LogP contribution in [0.15, 0.2) is 42.5 Å². The highest BCUT2D eigenvalue weighted by Gasteiger charge is 2.10. The molecule has 1 atom stereocenters. The van der Waals surface area contributed by atoms with Crippen molar-refractivity contribution in [2.24, 2.45) is 0 Å². The van der Waals surface area contributed by atoms with E-state index in [0.717, 1.165) is 12.1 Å². The normalized spacial score (nSPS) is 11.8. The van der Waals surface area contributed by atoms with Crippen molar-refractivity contribution in [1.29, 1.82) is 0 Å². The summed E-state index contributed by atoms with van der Waals surface area (Å²) < 4.78 is 5.37. The summed E-state index contributed by atoms with van der Waals surface area (Å²) in [6, 6.07) is 13.0. The second kappa shape index (κ2) is 8.02. The predicted octanol–water partition coefficient (Wildman–Crippen LogP) is 5.50. The van der Waals surface area contributed by atoms with Crippen molar-refractivity contribution >= 4 is 23.2 Å². The minimum Gasteiger partial charge on any atom is -0.492 e. The SMILES string of the molecule is CCOc1ccc(C(=O)Nc2ccc(C(C)CC)cc2)cc1Cl. The third kappa shape index (κ3) is 4.49. The topological polar surface area (TPSA) is 38.3 Å². The summed E-state index contributed by atoms with van der Waals surface area (Å²) in [4.78, 5) is 12.3. The number of nitrogens with one attached hydrogen (secondary N) is 1. The first kappa shape index (κ1) is 17.4. The molecule has 4 heteroatoms. The highest BCUT2D eigenvalue weighted by Crippen LogP contribution is 2.26. The average molecular weight is 332 g/mol. The second-order valence-electron chi connectivity index (χ2n) is 5.46. The molecule has 1 amide bonds. The van der Waals surface area contributed by atoms with Crippen LogP contribution in [0.25, 0.3) is 0 Å². The van der Waals surface area contributed by atoms with Gasteiger partial charge in [-0.05, 0) is 55.2 Å². The Labute approximate surface area is 142 Å². The maximum absolute atomic E-state index is 12.3. The minimum absolute atomic E-state index is 0.189. The molecule has 23 heavy (non-hydrogen) atoms. The molecule has 0 aliphatic rings. The molecule has 0 aliphatic heterocycles. The number of benzene rings is 2. The number of anilines is 1. The molecule has 0 saturated heterocycles. The Bertz CT molecular complexity index is 668. The number of rotatable bonds is 6. The van der Waals surface area contributed by atoms with Crippen LogP contribution in [0.5, 0.6) is 5.75 Å². The van der Waals surface area contributed by atoms with Crippen molar-refractivity contribution in [2.45, 2.75) is 33.1 Å². The average Bonchev–Trinajstić information content (AvgIpc) is 2.56. The molecule has 2 aromatic carbocycles. The number of carbonyl (C=O) groups excluding carboxylic acids is 1.